The van der Waals surface area contributed by atoms with E-state index in [0.717, 1.165) is 29.4 Å². The van der Waals surface area contributed by atoms with E-state index in [1.807, 2.05) is 0 Å². The van der Waals surface area contributed by atoms with Crippen molar-refractivity contribution < 1.29 is 78.9 Å². The summed E-state index contributed by atoms with van der Waals surface area (Å²) >= 11 is 3.51. The summed E-state index contributed by atoms with van der Waals surface area (Å²) in [6, 6.07) is 0. The Morgan fingerprint density at radius 2 is 1.04 bits per heavy atom. The number of hydrogen-bond donors (Lipinski definition) is 0. The molecule has 0 aromatic carbocycles. The number of thioether (sulfide) groups is 2. The summed E-state index contributed by atoms with van der Waals surface area (Å²) in [5.41, 5.74) is -1.50. The molecule has 0 unspecified atom stereocenters. The van der Waals surface area contributed by atoms with Crippen molar-refractivity contribution >= 4 is 35.5 Å². The number of rotatable bonds is 12. The zero-order valence-electron chi connectivity index (χ0n) is 15.4. The molecule has 23 heavy (non-hydrogen) atoms. The van der Waals surface area contributed by atoms with Crippen molar-refractivity contribution in [1.29, 1.82) is 0 Å². The van der Waals surface area contributed by atoms with E-state index < -0.39 is 22.8 Å². The first-order valence-electron chi connectivity index (χ1n) is 7.18. The Bertz CT molecular complexity index is 318. The third-order valence-corrected chi connectivity index (χ3v) is 5.57. The molecule has 0 saturated heterocycles. The van der Waals surface area contributed by atoms with Crippen molar-refractivity contribution in [3.63, 3.8) is 0 Å². The maximum absolute atomic E-state index is 10.8. The van der Waals surface area contributed by atoms with Gasteiger partial charge in [-0.3, -0.25) is 0 Å². The van der Waals surface area contributed by atoms with E-state index in [0.29, 0.717) is 12.8 Å². The number of carboxylic acid groups (broad SMARTS) is 2. The average Bonchev–Trinajstić information content (AvgIpc) is 2.36. The van der Waals surface area contributed by atoms with Gasteiger partial charge in [-0.25, -0.2) is 0 Å². The van der Waals surface area contributed by atoms with Gasteiger partial charge in [0.15, 0.2) is 0 Å². The molecule has 0 aliphatic heterocycles. The van der Waals surface area contributed by atoms with E-state index in [1.165, 1.54) is 0 Å². The molecular weight excluding hydrogens is 354 g/mol. The zero-order chi connectivity index (χ0) is 16.5. The van der Waals surface area contributed by atoms with Crippen molar-refractivity contribution in [2.24, 2.45) is 10.8 Å². The van der Waals surface area contributed by atoms with Crippen LogP contribution >= 0.6 is 23.5 Å². The van der Waals surface area contributed by atoms with Gasteiger partial charge in [0.1, 0.15) is 0 Å². The van der Waals surface area contributed by atoms with Gasteiger partial charge < -0.3 is 19.8 Å². The van der Waals surface area contributed by atoms with Gasteiger partial charge in [0, 0.05) is 22.8 Å². The molecule has 4 nitrogen and oxygen atoms in total. The van der Waals surface area contributed by atoms with E-state index in [-0.39, 0.29) is 59.1 Å². The Hall–Kier alpha value is 1.64. The van der Waals surface area contributed by atoms with Crippen LogP contribution in [0.3, 0.4) is 0 Å². The fourth-order valence-electron chi connectivity index (χ4n) is 1.33. The normalized spacial score (nSPS) is 11.3. The van der Waals surface area contributed by atoms with Crippen molar-refractivity contribution in [2.75, 3.05) is 23.0 Å². The Morgan fingerprint density at radius 3 is 1.30 bits per heavy atom. The van der Waals surface area contributed by atoms with Gasteiger partial charge in [-0.2, -0.15) is 23.5 Å². The first-order valence-corrected chi connectivity index (χ1v) is 9.49. The van der Waals surface area contributed by atoms with Crippen LogP contribution < -0.4 is 69.3 Å². The summed E-state index contributed by atoms with van der Waals surface area (Å²) in [6.45, 7) is 6.77. The number of carbonyl (C=O) groups excluding carboxylic acids is 2. The molecule has 0 aliphatic carbocycles. The van der Waals surface area contributed by atoms with Gasteiger partial charge >= 0.3 is 59.1 Å². The van der Waals surface area contributed by atoms with E-state index in [9.17, 15) is 19.8 Å². The van der Waals surface area contributed by atoms with Crippen LogP contribution in [0.15, 0.2) is 0 Å². The van der Waals surface area contributed by atoms with Crippen molar-refractivity contribution in [1.82, 2.24) is 0 Å². The number of aliphatic carboxylic acids is 2. The molecule has 8 heteroatoms. The maximum atomic E-state index is 10.8. The largest absolute Gasteiger partial charge is 1.00 e. The van der Waals surface area contributed by atoms with Crippen LogP contribution in [0.1, 0.15) is 47.0 Å². The Balaban J connectivity index is -0.00000200. The molecule has 0 bridgehead atoms. The maximum Gasteiger partial charge on any atom is 1.00 e. The molecule has 124 valence electrons. The smallest absolute Gasteiger partial charge is 0.550 e. The summed E-state index contributed by atoms with van der Waals surface area (Å²) in [5.74, 6) is 1.66. The molecule has 0 saturated carbocycles. The molecule has 0 amide bonds. The quantitative estimate of drug-likeness (QED) is 0.250. The summed E-state index contributed by atoms with van der Waals surface area (Å²) in [4.78, 5) is 21.6. The average molecular weight is 380 g/mol. The van der Waals surface area contributed by atoms with Crippen LogP contribution in [0.4, 0.5) is 0 Å². The van der Waals surface area contributed by atoms with Crippen LogP contribution in [0.25, 0.3) is 0 Å². The van der Waals surface area contributed by atoms with Gasteiger partial charge in [0.05, 0.1) is 0 Å². The van der Waals surface area contributed by atoms with Crippen LogP contribution in [-0.2, 0) is 9.59 Å². The van der Waals surface area contributed by atoms with Crippen molar-refractivity contribution in [2.45, 2.75) is 47.0 Å². The van der Waals surface area contributed by atoms with Crippen LogP contribution in [0.5, 0.6) is 0 Å². The second-order valence-electron chi connectivity index (χ2n) is 6.42. The summed E-state index contributed by atoms with van der Waals surface area (Å²) in [5, 5.41) is 21.6. The predicted octanol–water partition coefficient (Wildman–Crippen LogP) is -4.82. The molecule has 0 spiro atoms. The van der Waals surface area contributed by atoms with Crippen LogP contribution in [0.2, 0.25) is 0 Å². The number of hydrogen-bond acceptors (Lipinski definition) is 6. The minimum atomic E-state index is -0.991. The molecule has 0 radical (unpaired) electrons. The molecule has 0 aliphatic rings. The summed E-state index contributed by atoms with van der Waals surface area (Å²) in [6.07, 6.45) is 2.28. The van der Waals surface area contributed by atoms with Crippen LogP contribution in [0, 0.1) is 10.8 Å². The van der Waals surface area contributed by atoms with Gasteiger partial charge in [-0.05, 0) is 42.3 Å². The molecular formula is C15H26Na2O4S2. The standard InChI is InChI=1S/C15H28O4S2.2Na/c1-14(2,12(16)17)6-10-20-8-5-9-21-11-7-15(3,4)13(18)19;;/h5-11H2,1-4H3,(H,16,17)(H,18,19);;/q;2*+1/p-2. The Labute approximate surface area is 193 Å². The molecule has 0 N–H and O–H groups in total. The van der Waals surface area contributed by atoms with Crippen LogP contribution in [-0.4, -0.2) is 35.0 Å². The molecule has 0 rings (SSSR count). The van der Waals surface area contributed by atoms with Crippen molar-refractivity contribution in [3.8, 4) is 0 Å². The second-order valence-corrected chi connectivity index (χ2v) is 8.87. The first-order chi connectivity index (χ1) is 9.59. The van der Waals surface area contributed by atoms with Gasteiger partial charge in [-0.15, -0.1) is 0 Å². The third-order valence-electron chi connectivity index (χ3n) is 3.43. The van der Waals surface area contributed by atoms with Gasteiger partial charge in [-0.1, -0.05) is 27.7 Å². The molecule has 0 aromatic rings. The van der Waals surface area contributed by atoms with Gasteiger partial charge in [0.2, 0.25) is 0 Å². The minimum Gasteiger partial charge on any atom is -0.550 e. The second kappa shape index (κ2) is 14.8. The fourth-order valence-corrected chi connectivity index (χ4v) is 3.92. The third kappa shape index (κ3) is 14.5. The molecule has 0 aromatic heterocycles. The minimum absolute atomic E-state index is 0. The monoisotopic (exact) mass is 380 g/mol. The van der Waals surface area contributed by atoms with E-state index in [1.54, 1.807) is 51.2 Å². The van der Waals surface area contributed by atoms with E-state index in [2.05, 4.69) is 0 Å². The Kier molecular flexibility index (Phi) is 18.9. The SMILES string of the molecule is CC(C)(CCSCCCSCCC(C)(C)C(=O)[O-])C(=O)[O-].[Na+].[Na+]. The molecule has 0 atom stereocenters. The van der Waals surface area contributed by atoms with E-state index in [4.69, 9.17) is 0 Å². The number of carbonyl (C=O) groups is 2. The van der Waals surface area contributed by atoms with E-state index >= 15 is 0 Å². The number of carboxylic acids is 2. The summed E-state index contributed by atoms with van der Waals surface area (Å²) in [7, 11) is 0. The topological polar surface area (TPSA) is 80.3 Å². The molecule has 0 heterocycles. The first kappa shape index (κ1) is 29.4. The predicted molar refractivity (Wildman–Crippen MR) is 86.1 cm³/mol. The zero-order valence-corrected chi connectivity index (χ0v) is 21.0. The fraction of sp³-hybridized carbons (Fsp3) is 0.867. The van der Waals surface area contributed by atoms with Gasteiger partial charge in [0.25, 0.3) is 0 Å². The van der Waals surface area contributed by atoms with Crippen molar-refractivity contribution in [3.05, 3.63) is 0 Å². The Morgan fingerprint density at radius 1 is 0.739 bits per heavy atom. The summed E-state index contributed by atoms with van der Waals surface area (Å²) < 4.78 is 0. The molecule has 0 fully saturated rings.